The van der Waals surface area contributed by atoms with Crippen molar-refractivity contribution < 1.29 is 4.92 Å². The number of nitrogens with one attached hydrogen (secondary N) is 1. The predicted octanol–water partition coefficient (Wildman–Crippen LogP) is 2.43. The van der Waals surface area contributed by atoms with E-state index in [-0.39, 0.29) is 11.7 Å². The number of nitrogens with zero attached hydrogens (tertiary/aromatic N) is 1. The van der Waals surface area contributed by atoms with E-state index in [0.717, 1.165) is 12.1 Å². The number of benzene rings is 1. The fraction of sp³-hybridized carbons (Fsp3) is 0.273. The van der Waals surface area contributed by atoms with Crippen LogP contribution in [0.15, 0.2) is 36.9 Å². The fourth-order valence-corrected chi connectivity index (χ4v) is 1.26. The summed E-state index contributed by atoms with van der Waals surface area (Å²) in [4.78, 5) is 10.0. The van der Waals surface area contributed by atoms with Gasteiger partial charge in [0.1, 0.15) is 0 Å². The molecule has 4 heteroatoms. The molecule has 1 rings (SSSR count). The molecular formula is C11H14N2O2. The highest BCUT2D eigenvalue weighted by Gasteiger charge is 2.07. The molecule has 0 fully saturated rings. The molecule has 1 atom stereocenters. The Bertz CT molecular complexity index is 346. The van der Waals surface area contributed by atoms with Gasteiger partial charge in [-0.2, -0.15) is 0 Å². The van der Waals surface area contributed by atoms with E-state index < -0.39 is 4.92 Å². The minimum absolute atomic E-state index is 0.120. The van der Waals surface area contributed by atoms with Crippen LogP contribution in [0.3, 0.4) is 0 Å². The molecule has 0 aliphatic rings. The van der Waals surface area contributed by atoms with E-state index in [1.807, 2.05) is 6.92 Å². The Morgan fingerprint density at radius 3 is 2.60 bits per heavy atom. The van der Waals surface area contributed by atoms with Crippen LogP contribution in [0.2, 0.25) is 0 Å². The van der Waals surface area contributed by atoms with Gasteiger partial charge in [0.05, 0.1) is 4.92 Å². The minimum atomic E-state index is -0.397. The molecule has 4 nitrogen and oxygen atoms in total. The van der Waals surface area contributed by atoms with Crippen LogP contribution in [-0.2, 0) is 0 Å². The third kappa shape index (κ3) is 3.18. The van der Waals surface area contributed by atoms with Crippen molar-refractivity contribution in [3.8, 4) is 0 Å². The lowest BCUT2D eigenvalue weighted by molar-refractivity contribution is -0.384. The van der Waals surface area contributed by atoms with Gasteiger partial charge in [-0.1, -0.05) is 18.2 Å². The van der Waals surface area contributed by atoms with Crippen molar-refractivity contribution in [2.24, 2.45) is 0 Å². The average Bonchev–Trinajstić information content (AvgIpc) is 2.26. The third-order valence-corrected chi connectivity index (χ3v) is 2.17. The standard InChI is InChI=1S/C11H14N2O2/c1-3-8-12-9(2)10-4-6-11(7-5-10)13(14)15/h3-7,9,12H,1,8H2,2H3/t9-/m0/s1. The zero-order valence-corrected chi connectivity index (χ0v) is 8.64. The number of non-ortho nitro benzene ring substituents is 1. The molecule has 0 bridgehead atoms. The van der Waals surface area contributed by atoms with Gasteiger partial charge in [0.15, 0.2) is 0 Å². The van der Waals surface area contributed by atoms with Gasteiger partial charge in [-0.15, -0.1) is 6.58 Å². The van der Waals surface area contributed by atoms with Crippen LogP contribution in [0, 0.1) is 10.1 Å². The Morgan fingerprint density at radius 1 is 1.53 bits per heavy atom. The second kappa shape index (κ2) is 5.26. The molecule has 0 unspecified atom stereocenters. The molecular weight excluding hydrogens is 192 g/mol. The summed E-state index contributed by atoms with van der Waals surface area (Å²) in [5, 5.41) is 13.6. The number of hydrogen-bond acceptors (Lipinski definition) is 3. The maximum atomic E-state index is 10.4. The van der Waals surface area contributed by atoms with Crippen molar-refractivity contribution in [1.82, 2.24) is 5.32 Å². The van der Waals surface area contributed by atoms with E-state index in [2.05, 4.69) is 11.9 Å². The monoisotopic (exact) mass is 206 g/mol. The molecule has 0 saturated heterocycles. The van der Waals surface area contributed by atoms with Gasteiger partial charge in [-0.3, -0.25) is 10.1 Å². The molecule has 0 saturated carbocycles. The molecule has 0 radical (unpaired) electrons. The molecule has 0 aliphatic carbocycles. The van der Waals surface area contributed by atoms with Crippen molar-refractivity contribution in [2.75, 3.05) is 6.54 Å². The van der Waals surface area contributed by atoms with Crippen LogP contribution in [0.5, 0.6) is 0 Å². The fourth-order valence-electron chi connectivity index (χ4n) is 1.26. The Kier molecular flexibility index (Phi) is 4.00. The molecule has 1 N–H and O–H groups in total. The molecule has 15 heavy (non-hydrogen) atoms. The van der Waals surface area contributed by atoms with E-state index >= 15 is 0 Å². The van der Waals surface area contributed by atoms with Crippen LogP contribution in [0.25, 0.3) is 0 Å². The summed E-state index contributed by atoms with van der Waals surface area (Å²) in [5.41, 5.74) is 1.15. The SMILES string of the molecule is C=CCN[C@@H](C)c1ccc([N+](=O)[O-])cc1. The molecule has 0 heterocycles. The van der Waals surface area contributed by atoms with Crippen molar-refractivity contribution in [1.29, 1.82) is 0 Å². The van der Waals surface area contributed by atoms with E-state index in [1.165, 1.54) is 12.1 Å². The summed E-state index contributed by atoms with van der Waals surface area (Å²) < 4.78 is 0. The summed E-state index contributed by atoms with van der Waals surface area (Å²) in [5.74, 6) is 0. The molecule has 80 valence electrons. The number of rotatable bonds is 5. The topological polar surface area (TPSA) is 55.2 Å². The molecule has 0 spiro atoms. The zero-order chi connectivity index (χ0) is 11.3. The molecule has 0 aromatic heterocycles. The van der Waals surface area contributed by atoms with Gasteiger partial charge < -0.3 is 5.32 Å². The van der Waals surface area contributed by atoms with E-state index in [4.69, 9.17) is 0 Å². The van der Waals surface area contributed by atoms with Gasteiger partial charge in [0.2, 0.25) is 0 Å². The van der Waals surface area contributed by atoms with E-state index in [9.17, 15) is 10.1 Å². The first-order valence-electron chi connectivity index (χ1n) is 4.73. The van der Waals surface area contributed by atoms with Gasteiger partial charge in [-0.05, 0) is 12.5 Å². The summed E-state index contributed by atoms with van der Waals surface area (Å²) in [6, 6.07) is 6.73. The normalized spacial score (nSPS) is 12.1. The summed E-state index contributed by atoms with van der Waals surface area (Å²) in [6.45, 7) is 6.34. The highest BCUT2D eigenvalue weighted by molar-refractivity contribution is 5.34. The van der Waals surface area contributed by atoms with Gasteiger partial charge in [0.25, 0.3) is 5.69 Å². The molecule has 0 amide bonds. The highest BCUT2D eigenvalue weighted by atomic mass is 16.6. The average molecular weight is 206 g/mol. The molecule has 1 aromatic rings. The van der Waals surface area contributed by atoms with Crippen LogP contribution in [-0.4, -0.2) is 11.5 Å². The zero-order valence-electron chi connectivity index (χ0n) is 8.64. The quantitative estimate of drug-likeness (QED) is 0.457. The highest BCUT2D eigenvalue weighted by Crippen LogP contribution is 2.17. The maximum Gasteiger partial charge on any atom is 0.269 e. The maximum absolute atomic E-state index is 10.4. The number of hydrogen-bond donors (Lipinski definition) is 1. The first-order valence-corrected chi connectivity index (χ1v) is 4.73. The van der Waals surface area contributed by atoms with Crippen molar-refractivity contribution >= 4 is 5.69 Å². The van der Waals surface area contributed by atoms with Gasteiger partial charge in [-0.25, -0.2) is 0 Å². The lowest BCUT2D eigenvalue weighted by Gasteiger charge is -2.12. The van der Waals surface area contributed by atoms with Crippen LogP contribution >= 0.6 is 0 Å². The van der Waals surface area contributed by atoms with Crippen molar-refractivity contribution in [3.05, 3.63) is 52.6 Å². The number of nitro benzene ring substituents is 1. The Morgan fingerprint density at radius 2 is 2.13 bits per heavy atom. The second-order valence-corrected chi connectivity index (χ2v) is 3.27. The van der Waals surface area contributed by atoms with Crippen LogP contribution in [0.1, 0.15) is 18.5 Å². The first kappa shape index (κ1) is 11.4. The predicted molar refractivity (Wildman–Crippen MR) is 59.7 cm³/mol. The molecule has 0 aliphatic heterocycles. The smallest absolute Gasteiger partial charge is 0.269 e. The van der Waals surface area contributed by atoms with Gasteiger partial charge in [0, 0.05) is 24.7 Å². The summed E-state index contributed by atoms with van der Waals surface area (Å²) in [6.07, 6.45) is 1.78. The summed E-state index contributed by atoms with van der Waals surface area (Å²) in [7, 11) is 0. The largest absolute Gasteiger partial charge is 0.307 e. The van der Waals surface area contributed by atoms with Crippen molar-refractivity contribution in [3.63, 3.8) is 0 Å². The Labute approximate surface area is 88.8 Å². The Balaban J connectivity index is 2.70. The first-order chi connectivity index (χ1) is 7.15. The van der Waals surface area contributed by atoms with Crippen LogP contribution < -0.4 is 5.32 Å². The Hall–Kier alpha value is -1.68. The minimum Gasteiger partial charge on any atom is -0.307 e. The second-order valence-electron chi connectivity index (χ2n) is 3.27. The summed E-state index contributed by atoms with van der Waals surface area (Å²) >= 11 is 0. The van der Waals surface area contributed by atoms with Crippen LogP contribution in [0.4, 0.5) is 5.69 Å². The lowest BCUT2D eigenvalue weighted by atomic mass is 10.1. The van der Waals surface area contributed by atoms with Crippen molar-refractivity contribution in [2.45, 2.75) is 13.0 Å². The van der Waals surface area contributed by atoms with E-state index in [1.54, 1.807) is 18.2 Å². The van der Waals surface area contributed by atoms with E-state index in [0.29, 0.717) is 0 Å². The lowest BCUT2D eigenvalue weighted by Crippen LogP contribution is -2.18. The molecule has 1 aromatic carbocycles. The number of nitro groups is 1. The van der Waals surface area contributed by atoms with Gasteiger partial charge >= 0.3 is 0 Å². The third-order valence-electron chi connectivity index (χ3n) is 2.17.